The molecule has 3 aromatic carbocycles. The highest BCUT2D eigenvalue weighted by Crippen LogP contribution is 2.36. The lowest BCUT2D eigenvalue weighted by Crippen LogP contribution is -2.22. The van der Waals surface area contributed by atoms with Crippen LogP contribution < -0.4 is 4.74 Å². The molecule has 0 saturated heterocycles. The van der Waals surface area contributed by atoms with Crippen molar-refractivity contribution in [2.45, 2.75) is 39.0 Å². The number of ether oxygens (including phenoxy) is 2. The van der Waals surface area contributed by atoms with Crippen LogP contribution in [-0.2, 0) is 18.1 Å². The molecule has 0 aliphatic carbocycles. The summed E-state index contributed by atoms with van der Waals surface area (Å²) < 4.78 is 43.3. The van der Waals surface area contributed by atoms with Gasteiger partial charge in [0.1, 0.15) is 19.0 Å². The molecule has 182 valence electrons. The van der Waals surface area contributed by atoms with Crippen molar-refractivity contribution in [2.75, 3.05) is 6.61 Å². The molecule has 0 unspecified atom stereocenters. The van der Waals surface area contributed by atoms with Gasteiger partial charge in [-0.25, -0.2) is 9.07 Å². The van der Waals surface area contributed by atoms with E-state index in [-0.39, 0.29) is 24.7 Å². The molecule has 0 amide bonds. The number of halogens is 2. The van der Waals surface area contributed by atoms with Crippen LogP contribution in [0, 0.1) is 11.6 Å². The Hall–Kier alpha value is -3.29. The van der Waals surface area contributed by atoms with Crippen LogP contribution >= 0.6 is 0 Å². The van der Waals surface area contributed by atoms with Crippen molar-refractivity contribution in [2.24, 2.45) is 0 Å². The summed E-state index contributed by atoms with van der Waals surface area (Å²) >= 11 is 0. The minimum absolute atomic E-state index is 0.126. The Bertz CT molecular complexity index is 1260. The SMILES string of the molecule is C[Si](C)(C)CCOCn1cc(-c2ccc(OCc3ccccc3)c(F)c2F)c(-c2ccccc2)n1. The zero-order chi connectivity index (χ0) is 24.8. The van der Waals surface area contributed by atoms with Gasteiger partial charge in [0, 0.05) is 37.6 Å². The molecule has 0 radical (unpaired) electrons. The maximum atomic E-state index is 15.3. The van der Waals surface area contributed by atoms with Crippen LogP contribution in [0.3, 0.4) is 0 Å². The molecule has 1 heterocycles. The van der Waals surface area contributed by atoms with E-state index in [1.165, 1.54) is 6.07 Å². The lowest BCUT2D eigenvalue weighted by molar-refractivity contribution is 0.0788. The van der Waals surface area contributed by atoms with Crippen LogP contribution in [-0.4, -0.2) is 24.5 Å². The summed E-state index contributed by atoms with van der Waals surface area (Å²) in [7, 11) is -1.21. The number of hydrogen-bond donors (Lipinski definition) is 0. The molecule has 0 bridgehead atoms. The zero-order valence-corrected chi connectivity index (χ0v) is 21.3. The van der Waals surface area contributed by atoms with Gasteiger partial charge in [-0.05, 0) is 23.7 Å². The molecule has 0 spiro atoms. The van der Waals surface area contributed by atoms with E-state index in [0.717, 1.165) is 17.2 Å². The lowest BCUT2D eigenvalue weighted by Gasteiger charge is -2.15. The number of aromatic nitrogens is 2. The summed E-state index contributed by atoms with van der Waals surface area (Å²) in [6.45, 7) is 7.91. The fraction of sp³-hybridized carbons (Fsp3) is 0.250. The van der Waals surface area contributed by atoms with Crippen LogP contribution in [0.2, 0.25) is 25.7 Å². The second kappa shape index (κ2) is 11.0. The first-order valence-electron chi connectivity index (χ1n) is 11.7. The van der Waals surface area contributed by atoms with Gasteiger partial charge in [-0.1, -0.05) is 80.3 Å². The Morgan fingerprint density at radius 1 is 0.829 bits per heavy atom. The van der Waals surface area contributed by atoms with Gasteiger partial charge < -0.3 is 9.47 Å². The summed E-state index contributed by atoms with van der Waals surface area (Å²) in [5.74, 6) is -2.11. The Balaban J connectivity index is 1.60. The molecule has 0 aliphatic heterocycles. The van der Waals surface area contributed by atoms with E-state index >= 15 is 8.78 Å². The number of nitrogens with zero attached hydrogens (tertiary/aromatic N) is 2. The first-order chi connectivity index (χ1) is 16.8. The minimum Gasteiger partial charge on any atom is -0.486 e. The number of rotatable bonds is 10. The molecule has 4 nitrogen and oxygen atoms in total. The van der Waals surface area contributed by atoms with E-state index in [1.54, 1.807) is 16.9 Å². The molecular formula is C28H30F2N2O2Si. The van der Waals surface area contributed by atoms with Crippen molar-refractivity contribution in [1.82, 2.24) is 9.78 Å². The van der Waals surface area contributed by atoms with Crippen molar-refractivity contribution in [3.8, 4) is 28.1 Å². The molecular weight excluding hydrogens is 462 g/mol. The predicted octanol–water partition coefficient (Wildman–Crippen LogP) is 7.39. The van der Waals surface area contributed by atoms with Crippen LogP contribution in [0.4, 0.5) is 8.78 Å². The Kier molecular flexibility index (Phi) is 7.78. The van der Waals surface area contributed by atoms with Crippen molar-refractivity contribution >= 4 is 8.07 Å². The molecule has 0 aliphatic rings. The topological polar surface area (TPSA) is 36.3 Å². The van der Waals surface area contributed by atoms with Crippen molar-refractivity contribution in [3.63, 3.8) is 0 Å². The van der Waals surface area contributed by atoms with E-state index in [0.29, 0.717) is 17.9 Å². The summed E-state index contributed by atoms with van der Waals surface area (Å²) in [6, 6.07) is 22.9. The summed E-state index contributed by atoms with van der Waals surface area (Å²) in [5.41, 5.74) is 2.87. The van der Waals surface area contributed by atoms with Crippen molar-refractivity contribution in [1.29, 1.82) is 0 Å². The molecule has 0 fully saturated rings. The highest BCUT2D eigenvalue weighted by atomic mass is 28.3. The summed E-state index contributed by atoms with van der Waals surface area (Å²) in [5, 5.41) is 4.64. The van der Waals surface area contributed by atoms with Crippen molar-refractivity contribution < 1.29 is 18.3 Å². The third kappa shape index (κ3) is 6.44. The van der Waals surface area contributed by atoms with Gasteiger partial charge in [-0.15, -0.1) is 0 Å². The molecule has 35 heavy (non-hydrogen) atoms. The van der Waals surface area contributed by atoms with Gasteiger partial charge in [0.2, 0.25) is 5.82 Å². The van der Waals surface area contributed by atoms with Gasteiger partial charge in [-0.2, -0.15) is 9.49 Å². The standard InChI is InChI=1S/C28H30F2N2O2Si/c1-35(2,3)17-16-33-20-32-18-24(28(31-32)22-12-8-5-9-13-22)23-14-15-25(27(30)26(23)29)34-19-21-10-6-4-7-11-21/h4-15,18H,16-17,19-20H2,1-3H3. The molecule has 1 aromatic heterocycles. The molecule has 0 N–H and O–H groups in total. The Morgan fingerprint density at radius 3 is 2.20 bits per heavy atom. The normalized spacial score (nSPS) is 11.6. The maximum Gasteiger partial charge on any atom is 0.201 e. The molecule has 7 heteroatoms. The highest BCUT2D eigenvalue weighted by Gasteiger charge is 2.21. The summed E-state index contributed by atoms with van der Waals surface area (Å²) in [4.78, 5) is 0. The molecule has 0 saturated carbocycles. The monoisotopic (exact) mass is 492 g/mol. The highest BCUT2D eigenvalue weighted by molar-refractivity contribution is 6.76. The van der Waals surface area contributed by atoms with Crippen LogP contribution in [0.15, 0.2) is 79.0 Å². The van der Waals surface area contributed by atoms with E-state index in [9.17, 15) is 0 Å². The fourth-order valence-corrected chi connectivity index (χ4v) is 4.37. The second-order valence-corrected chi connectivity index (χ2v) is 15.3. The first kappa shape index (κ1) is 24.8. The van der Waals surface area contributed by atoms with E-state index in [1.807, 2.05) is 60.7 Å². The minimum atomic E-state index is -1.21. The van der Waals surface area contributed by atoms with Gasteiger partial charge in [0.05, 0.1) is 0 Å². The average molecular weight is 493 g/mol. The Labute approximate surface area is 206 Å². The van der Waals surface area contributed by atoms with Gasteiger partial charge in [0.25, 0.3) is 0 Å². The molecule has 0 atom stereocenters. The number of hydrogen-bond acceptors (Lipinski definition) is 3. The van der Waals surface area contributed by atoms with Crippen LogP contribution in [0.25, 0.3) is 22.4 Å². The second-order valence-electron chi connectivity index (χ2n) is 9.66. The van der Waals surface area contributed by atoms with Gasteiger partial charge in [-0.3, -0.25) is 0 Å². The first-order valence-corrected chi connectivity index (χ1v) is 15.4. The molecule has 4 rings (SSSR count). The van der Waals surface area contributed by atoms with Crippen LogP contribution in [0.5, 0.6) is 5.75 Å². The number of benzene rings is 3. The van der Waals surface area contributed by atoms with Crippen molar-refractivity contribution in [3.05, 3.63) is 96.2 Å². The fourth-order valence-electron chi connectivity index (χ4n) is 3.62. The van der Waals surface area contributed by atoms with E-state index in [2.05, 4.69) is 24.7 Å². The third-order valence-corrected chi connectivity index (χ3v) is 7.31. The van der Waals surface area contributed by atoms with Gasteiger partial charge >= 0.3 is 0 Å². The summed E-state index contributed by atoms with van der Waals surface area (Å²) in [6.07, 6.45) is 1.71. The van der Waals surface area contributed by atoms with Gasteiger partial charge in [0.15, 0.2) is 11.6 Å². The third-order valence-electron chi connectivity index (χ3n) is 5.60. The van der Waals surface area contributed by atoms with E-state index < -0.39 is 19.7 Å². The van der Waals surface area contributed by atoms with Crippen LogP contribution in [0.1, 0.15) is 5.56 Å². The largest absolute Gasteiger partial charge is 0.486 e. The Morgan fingerprint density at radius 2 is 1.51 bits per heavy atom. The molecule has 4 aromatic rings. The average Bonchev–Trinajstić information content (AvgIpc) is 3.27. The zero-order valence-electron chi connectivity index (χ0n) is 20.3. The quantitative estimate of drug-likeness (QED) is 0.171. The smallest absolute Gasteiger partial charge is 0.201 e. The van der Waals surface area contributed by atoms with E-state index in [4.69, 9.17) is 9.47 Å². The predicted molar refractivity (Wildman–Crippen MR) is 138 cm³/mol. The maximum absolute atomic E-state index is 15.3. The lowest BCUT2D eigenvalue weighted by atomic mass is 10.0.